The van der Waals surface area contributed by atoms with Crippen molar-refractivity contribution in [2.24, 2.45) is 23.7 Å². The number of benzene rings is 2. The maximum Gasteiger partial charge on any atom is 0.257 e. The molecule has 1 N–H and O–H groups in total. The first-order chi connectivity index (χ1) is 15.5. The Hall–Kier alpha value is -3.21. The minimum absolute atomic E-state index is 0.135. The van der Waals surface area contributed by atoms with Gasteiger partial charge in [-0.3, -0.25) is 14.4 Å². The van der Waals surface area contributed by atoms with E-state index in [1.54, 1.807) is 24.3 Å². The van der Waals surface area contributed by atoms with Gasteiger partial charge in [0.05, 0.1) is 23.1 Å². The van der Waals surface area contributed by atoms with E-state index < -0.39 is 0 Å². The van der Waals surface area contributed by atoms with E-state index in [-0.39, 0.29) is 41.4 Å². The molecule has 0 spiro atoms. The molecular formula is C27H28N2O3. The molecule has 0 unspecified atom stereocenters. The first kappa shape index (κ1) is 20.7. The first-order valence-electron chi connectivity index (χ1n) is 11.5. The van der Waals surface area contributed by atoms with E-state index in [1.165, 1.54) is 10.5 Å². The summed E-state index contributed by atoms with van der Waals surface area (Å²) in [6, 6.07) is 13.0. The molecule has 4 atom stereocenters. The topological polar surface area (TPSA) is 66.5 Å². The van der Waals surface area contributed by atoms with Crippen LogP contribution in [0.5, 0.6) is 0 Å². The van der Waals surface area contributed by atoms with Gasteiger partial charge in [0.15, 0.2) is 0 Å². The number of hydrogen-bond acceptors (Lipinski definition) is 3. The third-order valence-corrected chi connectivity index (χ3v) is 7.51. The monoisotopic (exact) mass is 428 g/mol. The molecule has 3 amide bonds. The second-order valence-electron chi connectivity index (χ2n) is 9.11. The van der Waals surface area contributed by atoms with E-state index in [1.807, 2.05) is 18.2 Å². The second-order valence-corrected chi connectivity index (χ2v) is 9.11. The second kappa shape index (κ2) is 7.73. The van der Waals surface area contributed by atoms with Crippen LogP contribution < -0.4 is 10.2 Å². The Bertz CT molecular complexity index is 1140. The molecular weight excluding hydrogens is 400 g/mol. The molecule has 0 radical (unpaired) electrons. The Morgan fingerprint density at radius 1 is 0.969 bits per heavy atom. The normalized spacial score (nSPS) is 25.8. The summed E-state index contributed by atoms with van der Waals surface area (Å²) in [7, 11) is 0. The average Bonchev–Trinajstić information content (AvgIpc) is 3.44. The molecule has 5 heteroatoms. The summed E-state index contributed by atoms with van der Waals surface area (Å²) in [5.74, 6) is -0.929. The van der Waals surface area contributed by atoms with E-state index in [2.05, 4.69) is 32.2 Å². The zero-order chi connectivity index (χ0) is 22.6. The summed E-state index contributed by atoms with van der Waals surface area (Å²) in [5.41, 5.74) is 4.91. The molecule has 164 valence electrons. The number of carbonyl (C=O) groups is 3. The summed E-state index contributed by atoms with van der Waals surface area (Å²) in [6.45, 7) is 6.17. The smallest absolute Gasteiger partial charge is 0.257 e. The van der Waals surface area contributed by atoms with Gasteiger partial charge in [-0.1, -0.05) is 55.8 Å². The number of imide groups is 1. The van der Waals surface area contributed by atoms with Gasteiger partial charge in [-0.15, -0.1) is 0 Å². The summed E-state index contributed by atoms with van der Waals surface area (Å²) < 4.78 is 0. The van der Waals surface area contributed by atoms with Crippen molar-refractivity contribution in [3.8, 4) is 0 Å². The fraction of sp³-hybridized carbons (Fsp3) is 0.370. The van der Waals surface area contributed by atoms with Gasteiger partial charge in [0, 0.05) is 5.69 Å². The Morgan fingerprint density at radius 2 is 1.62 bits per heavy atom. The quantitative estimate of drug-likeness (QED) is 0.551. The number of aryl methyl sites for hydroxylation is 2. The molecule has 1 saturated carbocycles. The van der Waals surface area contributed by atoms with Crippen LogP contribution in [0, 0.1) is 23.7 Å². The van der Waals surface area contributed by atoms with Crippen molar-refractivity contribution in [3.63, 3.8) is 0 Å². The number of hydrogen-bond donors (Lipinski definition) is 1. The van der Waals surface area contributed by atoms with Gasteiger partial charge in [-0.05, 0) is 61.3 Å². The number of anilines is 2. The van der Waals surface area contributed by atoms with Crippen molar-refractivity contribution >= 4 is 29.1 Å². The molecule has 2 aliphatic carbocycles. The van der Waals surface area contributed by atoms with Crippen LogP contribution in [0.1, 0.15) is 48.7 Å². The Kier molecular flexibility index (Phi) is 5.00. The van der Waals surface area contributed by atoms with Crippen LogP contribution in [-0.2, 0) is 22.4 Å². The minimum atomic E-state index is -0.300. The molecule has 1 aliphatic heterocycles. The van der Waals surface area contributed by atoms with E-state index in [4.69, 9.17) is 0 Å². The highest BCUT2D eigenvalue weighted by molar-refractivity contribution is 6.25. The van der Waals surface area contributed by atoms with Gasteiger partial charge in [0.25, 0.3) is 5.91 Å². The zero-order valence-electron chi connectivity index (χ0n) is 18.7. The van der Waals surface area contributed by atoms with Crippen molar-refractivity contribution in [3.05, 3.63) is 70.8 Å². The predicted molar refractivity (Wildman–Crippen MR) is 124 cm³/mol. The molecule has 1 heterocycles. The average molecular weight is 429 g/mol. The molecule has 1 saturated heterocycles. The summed E-state index contributed by atoms with van der Waals surface area (Å²) in [4.78, 5) is 41.5. The van der Waals surface area contributed by atoms with E-state index in [0.717, 1.165) is 36.1 Å². The van der Waals surface area contributed by atoms with Crippen LogP contribution >= 0.6 is 0 Å². The Morgan fingerprint density at radius 3 is 2.31 bits per heavy atom. The lowest BCUT2D eigenvalue weighted by atomic mass is 9.82. The summed E-state index contributed by atoms with van der Waals surface area (Å²) in [6.07, 6.45) is 4.65. The first-order valence-corrected chi connectivity index (χ1v) is 11.5. The van der Waals surface area contributed by atoms with Crippen LogP contribution in [-0.4, -0.2) is 17.7 Å². The van der Waals surface area contributed by atoms with Crippen LogP contribution in [0.4, 0.5) is 11.4 Å². The fourth-order valence-electron chi connectivity index (χ4n) is 5.96. The standard InChI is InChI=1S/C27H28N2O3/c1-4-16-9-8-10-17(5-2)24(16)28-25(30)19-11-6-7-12-21(19)29-26(31)22-18-13-15(3)20(14-18)23(22)27(29)32/h6-13,18,20,22-23H,4-5,14H2,1-3H3,(H,28,30)/t18-,20+,22+,23-/m0/s1. The van der Waals surface area contributed by atoms with Gasteiger partial charge in [0.1, 0.15) is 0 Å². The molecule has 0 aromatic heterocycles. The Labute approximate surface area is 188 Å². The highest BCUT2D eigenvalue weighted by atomic mass is 16.2. The largest absolute Gasteiger partial charge is 0.321 e. The number of fused-ring (bicyclic) bond motifs is 5. The van der Waals surface area contributed by atoms with Crippen LogP contribution in [0.3, 0.4) is 0 Å². The molecule has 32 heavy (non-hydrogen) atoms. The number of para-hydroxylation sites is 2. The zero-order valence-corrected chi connectivity index (χ0v) is 18.7. The summed E-state index contributed by atoms with van der Waals surface area (Å²) in [5, 5.41) is 3.08. The molecule has 2 bridgehead atoms. The third-order valence-electron chi connectivity index (χ3n) is 7.51. The number of allylic oxidation sites excluding steroid dienone is 2. The molecule has 3 aliphatic rings. The van der Waals surface area contributed by atoms with Gasteiger partial charge in [-0.2, -0.15) is 0 Å². The van der Waals surface area contributed by atoms with Gasteiger partial charge < -0.3 is 5.32 Å². The van der Waals surface area contributed by atoms with Crippen molar-refractivity contribution in [1.82, 2.24) is 0 Å². The predicted octanol–water partition coefficient (Wildman–Crippen LogP) is 4.77. The van der Waals surface area contributed by atoms with E-state index in [9.17, 15) is 14.4 Å². The molecule has 5 nitrogen and oxygen atoms in total. The fourth-order valence-corrected chi connectivity index (χ4v) is 5.96. The number of amides is 3. The van der Waals surface area contributed by atoms with Gasteiger partial charge in [0.2, 0.25) is 11.8 Å². The SMILES string of the molecule is CCc1cccc(CC)c1NC(=O)c1ccccc1N1C(=O)[C@@H]2[C@H](C1=O)[C@H]1C=C(C)[C@H]2C1. The minimum Gasteiger partial charge on any atom is -0.321 e. The highest BCUT2D eigenvalue weighted by Gasteiger charge is 2.61. The number of carbonyl (C=O) groups excluding carboxylic acids is 3. The van der Waals surface area contributed by atoms with Crippen LogP contribution in [0.15, 0.2) is 54.1 Å². The Balaban J connectivity index is 1.49. The van der Waals surface area contributed by atoms with Gasteiger partial charge in [-0.25, -0.2) is 4.90 Å². The number of nitrogens with one attached hydrogen (secondary N) is 1. The van der Waals surface area contributed by atoms with Crippen molar-refractivity contribution in [2.75, 3.05) is 10.2 Å². The van der Waals surface area contributed by atoms with Crippen LogP contribution in [0.2, 0.25) is 0 Å². The van der Waals surface area contributed by atoms with Crippen LogP contribution in [0.25, 0.3) is 0 Å². The lowest BCUT2D eigenvalue weighted by Gasteiger charge is -2.21. The maximum absolute atomic E-state index is 13.4. The lowest BCUT2D eigenvalue weighted by Crippen LogP contribution is -2.34. The molecule has 2 aromatic rings. The lowest BCUT2D eigenvalue weighted by molar-refractivity contribution is -0.123. The van der Waals surface area contributed by atoms with E-state index >= 15 is 0 Å². The number of nitrogens with zero attached hydrogens (tertiary/aromatic N) is 1. The molecule has 2 fully saturated rings. The van der Waals surface area contributed by atoms with Crippen molar-refractivity contribution in [1.29, 1.82) is 0 Å². The third kappa shape index (κ3) is 2.94. The van der Waals surface area contributed by atoms with Crippen molar-refractivity contribution < 1.29 is 14.4 Å². The highest BCUT2D eigenvalue weighted by Crippen LogP contribution is 2.56. The molecule has 2 aromatic carbocycles. The molecule has 5 rings (SSSR count). The number of rotatable bonds is 5. The van der Waals surface area contributed by atoms with Gasteiger partial charge >= 0.3 is 0 Å². The van der Waals surface area contributed by atoms with E-state index in [0.29, 0.717) is 11.3 Å². The van der Waals surface area contributed by atoms with Crippen molar-refractivity contribution in [2.45, 2.75) is 40.0 Å². The maximum atomic E-state index is 13.4. The summed E-state index contributed by atoms with van der Waals surface area (Å²) >= 11 is 0.